The lowest BCUT2D eigenvalue weighted by molar-refractivity contribution is 0.359. The first-order chi connectivity index (χ1) is 11.0. The highest BCUT2D eigenvalue weighted by atomic mass is 79.9. The fourth-order valence-electron chi connectivity index (χ4n) is 4.64. The Morgan fingerprint density at radius 1 is 0.957 bits per heavy atom. The second-order valence-corrected chi connectivity index (χ2v) is 9.16. The summed E-state index contributed by atoms with van der Waals surface area (Å²) in [6, 6.07) is 16.2. The van der Waals surface area contributed by atoms with Gasteiger partial charge in [-0.3, -0.25) is 0 Å². The van der Waals surface area contributed by atoms with Crippen LogP contribution in [0.25, 0.3) is 11.1 Å². The number of alkyl halides is 1. The molecule has 3 atom stereocenters. The molecule has 0 nitrogen and oxygen atoms in total. The van der Waals surface area contributed by atoms with Gasteiger partial charge in [-0.25, -0.2) is 0 Å². The molecule has 1 saturated carbocycles. The van der Waals surface area contributed by atoms with E-state index in [0.29, 0.717) is 4.83 Å². The predicted molar refractivity (Wildman–Crippen MR) is 102 cm³/mol. The van der Waals surface area contributed by atoms with Crippen molar-refractivity contribution in [3.8, 4) is 11.1 Å². The van der Waals surface area contributed by atoms with E-state index in [1.165, 1.54) is 41.5 Å². The summed E-state index contributed by atoms with van der Waals surface area (Å²) in [5.74, 6) is 1.50. The molecule has 2 aliphatic carbocycles. The molecule has 0 radical (unpaired) electrons. The van der Waals surface area contributed by atoms with Gasteiger partial charge in [0, 0.05) is 10.2 Å². The third-order valence-corrected chi connectivity index (χ3v) is 7.50. The maximum atomic E-state index is 3.84. The van der Waals surface area contributed by atoms with Gasteiger partial charge in [0.15, 0.2) is 0 Å². The minimum Gasteiger partial charge on any atom is -0.0888 e. The average molecular weight is 369 g/mol. The van der Waals surface area contributed by atoms with E-state index in [1.54, 1.807) is 5.56 Å². The highest BCUT2D eigenvalue weighted by Crippen LogP contribution is 2.50. The quantitative estimate of drug-likeness (QED) is 0.493. The minimum absolute atomic E-state index is 0.125. The highest BCUT2D eigenvalue weighted by molar-refractivity contribution is 9.09. The van der Waals surface area contributed by atoms with Gasteiger partial charge in [-0.05, 0) is 58.9 Å². The molecule has 23 heavy (non-hydrogen) atoms. The lowest BCUT2D eigenvalue weighted by Crippen LogP contribution is -2.22. The Morgan fingerprint density at radius 3 is 2.48 bits per heavy atom. The van der Waals surface area contributed by atoms with Crippen molar-refractivity contribution in [2.75, 3.05) is 0 Å². The van der Waals surface area contributed by atoms with Crippen LogP contribution in [0.5, 0.6) is 0 Å². The zero-order valence-electron chi connectivity index (χ0n) is 14.3. The van der Waals surface area contributed by atoms with Gasteiger partial charge < -0.3 is 0 Å². The van der Waals surface area contributed by atoms with E-state index in [1.807, 2.05) is 0 Å². The van der Waals surface area contributed by atoms with Crippen LogP contribution in [0.2, 0.25) is 0 Å². The lowest BCUT2D eigenvalue weighted by Gasteiger charge is -2.32. The maximum Gasteiger partial charge on any atom is 0.0171 e. The molecule has 0 heterocycles. The molecular formula is C22H25Br. The van der Waals surface area contributed by atoms with Crippen LogP contribution in [0.1, 0.15) is 62.6 Å². The van der Waals surface area contributed by atoms with Gasteiger partial charge >= 0.3 is 0 Å². The molecule has 2 aliphatic rings. The van der Waals surface area contributed by atoms with Gasteiger partial charge in [-0.15, -0.1) is 0 Å². The Kier molecular flexibility index (Phi) is 3.68. The van der Waals surface area contributed by atoms with Crippen LogP contribution in [-0.4, -0.2) is 4.83 Å². The summed E-state index contributed by atoms with van der Waals surface area (Å²) in [6.45, 7) is 7.14. The zero-order chi connectivity index (χ0) is 16.2. The average Bonchev–Trinajstić information content (AvgIpc) is 2.78. The molecule has 0 spiro atoms. The Hall–Kier alpha value is -1.08. The van der Waals surface area contributed by atoms with Crippen molar-refractivity contribution < 1.29 is 0 Å². The molecule has 0 N–H and O–H groups in total. The molecule has 1 fully saturated rings. The maximum absolute atomic E-state index is 3.84. The molecule has 1 heteroatoms. The van der Waals surface area contributed by atoms with Gasteiger partial charge in [0.05, 0.1) is 0 Å². The van der Waals surface area contributed by atoms with Gasteiger partial charge in [0.1, 0.15) is 0 Å². The van der Waals surface area contributed by atoms with E-state index in [2.05, 4.69) is 79.2 Å². The van der Waals surface area contributed by atoms with E-state index in [0.717, 1.165) is 11.8 Å². The Labute approximate surface area is 148 Å². The molecule has 0 amide bonds. The summed E-state index contributed by atoms with van der Waals surface area (Å²) in [5.41, 5.74) is 7.54. The van der Waals surface area contributed by atoms with Crippen molar-refractivity contribution in [1.29, 1.82) is 0 Å². The Balaban J connectivity index is 1.75. The number of benzene rings is 2. The van der Waals surface area contributed by atoms with Crippen LogP contribution < -0.4 is 0 Å². The second kappa shape index (κ2) is 5.48. The summed E-state index contributed by atoms with van der Waals surface area (Å²) >= 11 is 3.84. The van der Waals surface area contributed by atoms with E-state index < -0.39 is 0 Å². The SMILES string of the molecule is CC1CC(c2ccc3c(c2)C(C)(C)c2ccccc2-3)CC[C@@H]1Br. The topological polar surface area (TPSA) is 0 Å². The first kappa shape index (κ1) is 15.4. The predicted octanol–water partition coefficient (Wildman–Crippen LogP) is 6.66. The van der Waals surface area contributed by atoms with Gasteiger partial charge in [-0.2, -0.15) is 0 Å². The van der Waals surface area contributed by atoms with Crippen molar-refractivity contribution >= 4 is 15.9 Å². The molecule has 0 saturated heterocycles. The van der Waals surface area contributed by atoms with Gasteiger partial charge in [0.25, 0.3) is 0 Å². The van der Waals surface area contributed by atoms with Crippen molar-refractivity contribution in [2.45, 2.75) is 56.2 Å². The summed E-state index contributed by atoms with van der Waals surface area (Å²) < 4.78 is 0. The molecule has 0 bridgehead atoms. The van der Waals surface area contributed by atoms with Gasteiger partial charge in [-0.1, -0.05) is 79.2 Å². The molecule has 4 rings (SSSR count). The minimum atomic E-state index is 0.125. The van der Waals surface area contributed by atoms with E-state index in [9.17, 15) is 0 Å². The first-order valence-corrected chi connectivity index (χ1v) is 9.78. The number of fused-ring (bicyclic) bond motifs is 3. The van der Waals surface area contributed by atoms with E-state index in [-0.39, 0.29) is 5.41 Å². The summed E-state index contributed by atoms with van der Waals surface area (Å²) in [4.78, 5) is 0.703. The molecule has 2 unspecified atom stereocenters. The molecule has 2 aromatic rings. The largest absolute Gasteiger partial charge is 0.0888 e. The van der Waals surface area contributed by atoms with Crippen molar-refractivity contribution in [1.82, 2.24) is 0 Å². The molecule has 120 valence electrons. The number of halogens is 1. The van der Waals surface area contributed by atoms with E-state index >= 15 is 0 Å². The Bertz CT molecular complexity index is 743. The number of hydrogen-bond acceptors (Lipinski definition) is 0. The fraction of sp³-hybridized carbons (Fsp3) is 0.455. The lowest BCUT2D eigenvalue weighted by atomic mass is 9.76. The monoisotopic (exact) mass is 368 g/mol. The standard InChI is InChI=1S/C22H25Br/c1-14-12-15(9-11-21(14)23)16-8-10-18-17-6-4-5-7-19(17)22(2,3)20(18)13-16/h4-8,10,13-15,21H,9,11-12H2,1-3H3/t14?,15?,21-/m0/s1. The Morgan fingerprint density at radius 2 is 1.70 bits per heavy atom. The van der Waals surface area contributed by atoms with Crippen molar-refractivity contribution in [2.24, 2.45) is 5.92 Å². The molecular weight excluding hydrogens is 344 g/mol. The summed E-state index contributed by atoms with van der Waals surface area (Å²) in [5, 5.41) is 0. The highest BCUT2D eigenvalue weighted by Gasteiger charge is 2.36. The normalized spacial score (nSPS) is 28.3. The smallest absolute Gasteiger partial charge is 0.0171 e. The first-order valence-electron chi connectivity index (χ1n) is 8.87. The third kappa shape index (κ3) is 2.39. The number of rotatable bonds is 1. The van der Waals surface area contributed by atoms with Crippen LogP contribution in [0.4, 0.5) is 0 Å². The molecule has 0 aliphatic heterocycles. The number of hydrogen-bond donors (Lipinski definition) is 0. The summed E-state index contributed by atoms with van der Waals surface area (Å²) in [7, 11) is 0. The van der Waals surface area contributed by atoms with E-state index in [4.69, 9.17) is 0 Å². The molecule has 2 aromatic carbocycles. The van der Waals surface area contributed by atoms with Crippen LogP contribution in [0, 0.1) is 5.92 Å². The summed E-state index contributed by atoms with van der Waals surface area (Å²) in [6.07, 6.45) is 3.92. The zero-order valence-corrected chi connectivity index (χ0v) is 15.9. The second-order valence-electron chi connectivity index (χ2n) is 7.98. The van der Waals surface area contributed by atoms with Crippen LogP contribution in [-0.2, 0) is 5.41 Å². The van der Waals surface area contributed by atoms with Crippen LogP contribution >= 0.6 is 15.9 Å². The van der Waals surface area contributed by atoms with Gasteiger partial charge in [0.2, 0.25) is 0 Å². The van der Waals surface area contributed by atoms with Crippen LogP contribution in [0.15, 0.2) is 42.5 Å². The van der Waals surface area contributed by atoms with Crippen molar-refractivity contribution in [3.63, 3.8) is 0 Å². The molecule has 0 aromatic heterocycles. The van der Waals surface area contributed by atoms with Crippen LogP contribution in [0.3, 0.4) is 0 Å². The van der Waals surface area contributed by atoms with Crippen molar-refractivity contribution in [3.05, 3.63) is 59.2 Å². The fourth-order valence-corrected chi connectivity index (χ4v) is 5.12. The third-order valence-electron chi connectivity index (χ3n) is 6.14.